The fraction of sp³-hybridized carbons (Fsp3) is 0.382. The highest BCUT2D eigenvalue weighted by atomic mass is 35.5. The van der Waals surface area contributed by atoms with Crippen LogP contribution in [0.2, 0.25) is 5.02 Å². The summed E-state index contributed by atoms with van der Waals surface area (Å²) in [6.07, 6.45) is 2.76. The lowest BCUT2D eigenvalue weighted by Gasteiger charge is -2.36. The average Bonchev–Trinajstić information content (AvgIpc) is 3.82. The number of ether oxygens (including phenoxy) is 1. The van der Waals surface area contributed by atoms with Crippen molar-refractivity contribution < 1.29 is 33.0 Å². The first kappa shape index (κ1) is 35.1. The minimum absolute atomic E-state index is 0.0575. The summed E-state index contributed by atoms with van der Waals surface area (Å²) in [5.74, 6) is -3.23. The van der Waals surface area contributed by atoms with Crippen LogP contribution in [0, 0.1) is 18.6 Å². The van der Waals surface area contributed by atoms with E-state index in [-0.39, 0.29) is 45.0 Å². The predicted molar refractivity (Wildman–Crippen MR) is 181 cm³/mol. The Morgan fingerprint density at radius 3 is 2.44 bits per heavy atom. The number of carbonyl (C=O) groups excluding carboxylic acids is 3. The molecule has 16 heteroatoms. The van der Waals surface area contributed by atoms with Crippen LogP contribution in [0.3, 0.4) is 0 Å². The van der Waals surface area contributed by atoms with Crippen LogP contribution < -0.4 is 10.6 Å². The van der Waals surface area contributed by atoms with E-state index in [4.69, 9.17) is 16.3 Å². The van der Waals surface area contributed by atoms with Gasteiger partial charge in [-0.15, -0.1) is 0 Å². The molecular weight excluding hydrogens is 674 g/mol. The van der Waals surface area contributed by atoms with Gasteiger partial charge in [-0.3, -0.25) is 19.1 Å². The summed E-state index contributed by atoms with van der Waals surface area (Å²) in [7, 11) is 3.08. The number of rotatable bonds is 9. The van der Waals surface area contributed by atoms with Gasteiger partial charge in [0.1, 0.15) is 0 Å². The van der Waals surface area contributed by atoms with Gasteiger partial charge in [-0.25, -0.2) is 13.8 Å². The Morgan fingerprint density at radius 1 is 1.06 bits per heavy atom. The number of aromatic nitrogens is 4. The van der Waals surface area contributed by atoms with Crippen molar-refractivity contribution in [2.45, 2.75) is 32.0 Å². The van der Waals surface area contributed by atoms with E-state index in [0.29, 0.717) is 69.2 Å². The van der Waals surface area contributed by atoms with Gasteiger partial charge in [-0.05, 0) is 37.6 Å². The van der Waals surface area contributed by atoms with Crippen LogP contribution >= 0.6 is 11.6 Å². The predicted octanol–water partition coefficient (Wildman–Crippen LogP) is 3.10. The van der Waals surface area contributed by atoms with Crippen molar-refractivity contribution in [3.05, 3.63) is 76.5 Å². The Balaban J connectivity index is 1.10. The number of aryl methyl sites for hydroxylation is 1. The topological polar surface area (TPSA) is 147 Å². The molecule has 2 aromatic carbocycles. The minimum Gasteiger partial charge on any atom is -0.392 e. The largest absolute Gasteiger partial charge is 0.392 e. The molecule has 0 radical (unpaired) electrons. The first-order chi connectivity index (χ1) is 24.0. The third kappa shape index (κ3) is 6.99. The zero-order valence-corrected chi connectivity index (χ0v) is 28.5. The van der Waals surface area contributed by atoms with E-state index in [1.54, 1.807) is 34.7 Å². The van der Waals surface area contributed by atoms with E-state index in [1.807, 2.05) is 0 Å². The summed E-state index contributed by atoms with van der Waals surface area (Å²) in [6.45, 7) is 4.33. The lowest BCUT2D eigenvalue weighted by Crippen LogP contribution is -2.54. The Kier molecular flexibility index (Phi) is 10.3. The molecule has 3 N–H and O–H groups in total. The van der Waals surface area contributed by atoms with Crippen molar-refractivity contribution in [2.75, 3.05) is 51.8 Å². The summed E-state index contributed by atoms with van der Waals surface area (Å²) in [4.78, 5) is 46.7. The normalized spacial score (nSPS) is 17.7. The van der Waals surface area contributed by atoms with Gasteiger partial charge in [-0.2, -0.15) is 5.10 Å². The number of nitrogens with zero attached hydrogens (tertiary/aromatic N) is 6. The van der Waals surface area contributed by atoms with E-state index in [0.717, 1.165) is 0 Å². The van der Waals surface area contributed by atoms with Gasteiger partial charge in [0.15, 0.2) is 17.5 Å². The van der Waals surface area contributed by atoms with Crippen molar-refractivity contribution in [1.29, 1.82) is 0 Å². The zero-order valence-electron chi connectivity index (χ0n) is 27.8. The van der Waals surface area contributed by atoms with Gasteiger partial charge in [0, 0.05) is 75.5 Å². The maximum absolute atomic E-state index is 15.5. The van der Waals surface area contributed by atoms with Crippen molar-refractivity contribution in [3.63, 3.8) is 0 Å². The van der Waals surface area contributed by atoms with Crippen LogP contribution in [-0.2, 0) is 23.1 Å². The van der Waals surface area contributed by atoms with Crippen LogP contribution in [0.25, 0.3) is 22.4 Å². The Morgan fingerprint density at radius 2 is 1.76 bits per heavy atom. The second kappa shape index (κ2) is 14.6. The third-order valence-electron chi connectivity index (χ3n) is 9.05. The van der Waals surface area contributed by atoms with Gasteiger partial charge in [0.2, 0.25) is 5.91 Å². The lowest BCUT2D eigenvalue weighted by atomic mass is 10.0. The highest BCUT2D eigenvalue weighted by Crippen LogP contribution is 2.33. The summed E-state index contributed by atoms with van der Waals surface area (Å²) in [5, 5.41) is 19.9. The molecule has 0 spiro atoms. The van der Waals surface area contributed by atoms with E-state index in [1.165, 1.54) is 48.1 Å². The van der Waals surface area contributed by atoms with Gasteiger partial charge in [0.05, 0.1) is 53.5 Å². The molecular formula is C34H37ClF2N8O5. The molecule has 4 heterocycles. The van der Waals surface area contributed by atoms with Crippen LogP contribution in [0.5, 0.6) is 0 Å². The fourth-order valence-corrected chi connectivity index (χ4v) is 6.55. The number of aliphatic hydroxyl groups is 1. The van der Waals surface area contributed by atoms with E-state index in [2.05, 4.69) is 20.7 Å². The molecule has 1 unspecified atom stereocenters. The molecule has 50 heavy (non-hydrogen) atoms. The first-order valence-electron chi connectivity index (χ1n) is 16.1. The number of halogens is 3. The van der Waals surface area contributed by atoms with Gasteiger partial charge in [-0.1, -0.05) is 17.7 Å². The van der Waals surface area contributed by atoms with Gasteiger partial charge >= 0.3 is 0 Å². The standard InChI is InChI=1S/C34H37ClF2N8O5/c1-19-25(18-45(41-19)12-13-50-3)22-6-7-24(30(37)29(22)36)28-17-39-31(42(28)2)32(47)40-20-4-5-23(26(35)14-20)33(48)43-8-10-44(11-9-43)34(49)27-15-21(46)16-38-27/h4-7,14,17-18,21,27,38,46H,8-13,15-16H2,1-3H3,(H,40,47)/t21-,27?/m1/s1. The number of carbonyl (C=O) groups is 3. The number of benzene rings is 2. The molecule has 2 aliphatic heterocycles. The zero-order chi connectivity index (χ0) is 35.7. The molecule has 2 atom stereocenters. The Hall–Kier alpha value is -4.70. The number of β-amino-alcohol motifs (C(OH)–C–C–N with tert-alkyl or cyclic N) is 1. The van der Waals surface area contributed by atoms with Crippen LogP contribution in [-0.4, -0.2) is 111 Å². The maximum atomic E-state index is 15.5. The van der Waals surface area contributed by atoms with Crippen LogP contribution in [0.15, 0.2) is 42.7 Å². The monoisotopic (exact) mass is 710 g/mol. The highest BCUT2D eigenvalue weighted by Gasteiger charge is 2.34. The number of piperazine rings is 1. The minimum atomic E-state index is -1.09. The summed E-state index contributed by atoms with van der Waals surface area (Å²) < 4.78 is 38.9. The molecule has 3 amide bonds. The summed E-state index contributed by atoms with van der Waals surface area (Å²) >= 11 is 6.49. The van der Waals surface area contributed by atoms with Crippen molar-refractivity contribution in [1.82, 2.24) is 34.4 Å². The number of aliphatic hydroxyl groups excluding tert-OH is 1. The maximum Gasteiger partial charge on any atom is 0.291 e. The van der Waals surface area contributed by atoms with Crippen LogP contribution in [0.1, 0.15) is 33.1 Å². The second-order valence-corrected chi connectivity index (χ2v) is 12.7. The van der Waals surface area contributed by atoms with Gasteiger partial charge in [0.25, 0.3) is 11.8 Å². The number of amides is 3. The van der Waals surface area contributed by atoms with E-state index in [9.17, 15) is 19.5 Å². The molecule has 6 rings (SSSR count). The Labute approximate surface area is 291 Å². The molecule has 0 saturated carbocycles. The molecule has 2 fully saturated rings. The van der Waals surface area contributed by atoms with Crippen LogP contribution in [0.4, 0.5) is 14.5 Å². The van der Waals surface area contributed by atoms with Gasteiger partial charge < -0.3 is 34.8 Å². The quantitative estimate of drug-likeness (QED) is 0.240. The molecule has 2 aliphatic rings. The summed E-state index contributed by atoms with van der Waals surface area (Å²) in [5.41, 5.74) is 1.69. The number of hydrogen-bond donors (Lipinski definition) is 3. The second-order valence-electron chi connectivity index (χ2n) is 12.3. The molecule has 13 nitrogen and oxygen atoms in total. The summed E-state index contributed by atoms with van der Waals surface area (Å²) in [6, 6.07) is 6.97. The first-order valence-corrected chi connectivity index (χ1v) is 16.5. The van der Waals surface area contributed by atoms with Crippen molar-refractivity contribution in [3.8, 4) is 22.4 Å². The SMILES string of the molecule is COCCn1cc(-c2ccc(-c3cnc(C(=O)Nc4ccc(C(=O)N5CCN(C(=O)C6C[C@@H](O)CN6)CC5)c(Cl)c4)n3C)c(F)c2F)c(C)n1. The number of imidazole rings is 1. The fourth-order valence-electron chi connectivity index (χ4n) is 6.29. The smallest absolute Gasteiger partial charge is 0.291 e. The molecule has 0 aliphatic carbocycles. The molecule has 2 saturated heterocycles. The average molecular weight is 711 g/mol. The van der Waals surface area contributed by atoms with Crippen molar-refractivity contribution >= 4 is 35.0 Å². The third-order valence-corrected chi connectivity index (χ3v) is 9.36. The highest BCUT2D eigenvalue weighted by molar-refractivity contribution is 6.34. The van der Waals surface area contributed by atoms with E-state index < -0.39 is 29.7 Å². The Bertz CT molecular complexity index is 1940. The number of anilines is 1. The molecule has 0 bridgehead atoms. The van der Waals surface area contributed by atoms with Crippen molar-refractivity contribution in [2.24, 2.45) is 7.05 Å². The molecule has 2 aromatic heterocycles. The van der Waals surface area contributed by atoms with E-state index >= 15 is 8.78 Å². The number of nitrogens with one attached hydrogen (secondary N) is 2. The number of methoxy groups -OCH3 is 1. The molecule has 4 aromatic rings. The number of hydrogen-bond acceptors (Lipinski definition) is 8. The molecule has 264 valence electrons. The lowest BCUT2D eigenvalue weighted by molar-refractivity contribution is -0.134.